The zero-order chi connectivity index (χ0) is 11.1. The number of hydrogen-bond donors (Lipinski definition) is 0. The number of aryl methyl sites for hydroxylation is 1. The fourth-order valence-electron chi connectivity index (χ4n) is 1.72. The second-order valence-corrected chi connectivity index (χ2v) is 4.88. The van der Waals surface area contributed by atoms with Crippen molar-refractivity contribution in [2.45, 2.75) is 25.1 Å². The van der Waals surface area contributed by atoms with Gasteiger partial charge in [-0.25, -0.2) is 0 Å². The van der Waals surface area contributed by atoms with Crippen LogP contribution in [0.3, 0.4) is 0 Å². The second kappa shape index (κ2) is 6.86. The fourth-order valence-corrected chi connectivity index (χ4v) is 1.95. The van der Waals surface area contributed by atoms with Gasteiger partial charge in [-0.1, -0.05) is 30.3 Å². The lowest BCUT2D eigenvalue weighted by atomic mass is 10.1. The van der Waals surface area contributed by atoms with Crippen LogP contribution < -0.4 is 0 Å². The molecule has 1 aromatic carbocycles. The van der Waals surface area contributed by atoms with E-state index < -0.39 is 0 Å². The van der Waals surface area contributed by atoms with Crippen molar-refractivity contribution in [3.63, 3.8) is 0 Å². The molecule has 1 nitrogen and oxygen atoms in total. The van der Waals surface area contributed by atoms with Gasteiger partial charge in [-0.3, -0.25) is 0 Å². The quantitative estimate of drug-likeness (QED) is 0.673. The molecule has 84 valence electrons. The van der Waals surface area contributed by atoms with Crippen LogP contribution in [-0.4, -0.2) is 30.4 Å². The largest absolute Gasteiger partial charge is 0.305 e. The SMILES string of the molecule is CC(Cl)CN(C)CCCc1ccccc1. The molecule has 0 amide bonds. The summed E-state index contributed by atoms with van der Waals surface area (Å²) in [4.78, 5) is 2.29. The van der Waals surface area contributed by atoms with E-state index in [0.717, 1.165) is 19.5 Å². The summed E-state index contributed by atoms with van der Waals surface area (Å²) in [6.45, 7) is 4.12. The third-order valence-corrected chi connectivity index (χ3v) is 2.55. The Morgan fingerprint density at radius 2 is 1.93 bits per heavy atom. The number of hydrogen-bond acceptors (Lipinski definition) is 1. The van der Waals surface area contributed by atoms with E-state index in [1.54, 1.807) is 0 Å². The van der Waals surface area contributed by atoms with Crippen LogP contribution in [0.5, 0.6) is 0 Å². The highest BCUT2D eigenvalue weighted by molar-refractivity contribution is 6.20. The molecule has 0 bridgehead atoms. The van der Waals surface area contributed by atoms with Crippen LogP contribution in [0.4, 0.5) is 0 Å². The van der Waals surface area contributed by atoms with Gasteiger partial charge in [0.05, 0.1) is 0 Å². The molecule has 1 atom stereocenters. The maximum atomic E-state index is 5.93. The van der Waals surface area contributed by atoms with Gasteiger partial charge in [-0.15, -0.1) is 11.6 Å². The average Bonchev–Trinajstić information content (AvgIpc) is 2.18. The molecule has 0 saturated heterocycles. The topological polar surface area (TPSA) is 3.24 Å². The molecule has 1 rings (SSSR count). The number of alkyl halides is 1. The van der Waals surface area contributed by atoms with Crippen molar-refractivity contribution < 1.29 is 0 Å². The van der Waals surface area contributed by atoms with Crippen LogP contribution in [0.1, 0.15) is 18.9 Å². The van der Waals surface area contributed by atoms with Crippen molar-refractivity contribution in [2.75, 3.05) is 20.1 Å². The minimum absolute atomic E-state index is 0.242. The van der Waals surface area contributed by atoms with E-state index in [4.69, 9.17) is 11.6 Å². The van der Waals surface area contributed by atoms with Crippen LogP contribution >= 0.6 is 11.6 Å². The molecule has 0 aliphatic heterocycles. The number of benzene rings is 1. The zero-order valence-electron chi connectivity index (χ0n) is 9.62. The van der Waals surface area contributed by atoms with Crippen molar-refractivity contribution in [1.29, 1.82) is 0 Å². The monoisotopic (exact) mass is 225 g/mol. The van der Waals surface area contributed by atoms with E-state index in [0.29, 0.717) is 0 Å². The van der Waals surface area contributed by atoms with Gasteiger partial charge in [0.1, 0.15) is 0 Å². The Labute approximate surface area is 98.0 Å². The predicted molar refractivity (Wildman–Crippen MR) is 67.6 cm³/mol. The summed E-state index contributed by atoms with van der Waals surface area (Å²) in [5.41, 5.74) is 1.42. The molecule has 1 aromatic rings. The van der Waals surface area contributed by atoms with Crippen molar-refractivity contribution in [2.24, 2.45) is 0 Å². The highest BCUT2D eigenvalue weighted by atomic mass is 35.5. The first kappa shape index (κ1) is 12.5. The molecule has 0 aliphatic carbocycles. The molecule has 0 saturated carbocycles. The lowest BCUT2D eigenvalue weighted by Crippen LogP contribution is -2.26. The van der Waals surface area contributed by atoms with Crippen molar-refractivity contribution >= 4 is 11.6 Å². The molecule has 0 heterocycles. The van der Waals surface area contributed by atoms with Gasteiger partial charge in [-0.2, -0.15) is 0 Å². The van der Waals surface area contributed by atoms with Gasteiger partial charge in [0, 0.05) is 11.9 Å². The third-order valence-electron chi connectivity index (χ3n) is 2.41. The molecular weight excluding hydrogens is 206 g/mol. The molecule has 0 aromatic heterocycles. The molecule has 0 aliphatic rings. The van der Waals surface area contributed by atoms with Crippen molar-refractivity contribution in [3.05, 3.63) is 35.9 Å². The van der Waals surface area contributed by atoms with Gasteiger partial charge in [0.25, 0.3) is 0 Å². The number of rotatable bonds is 6. The third kappa shape index (κ3) is 5.81. The molecule has 15 heavy (non-hydrogen) atoms. The molecule has 0 N–H and O–H groups in total. The lowest BCUT2D eigenvalue weighted by Gasteiger charge is -2.17. The first-order valence-corrected chi connectivity index (χ1v) is 5.98. The van der Waals surface area contributed by atoms with Crippen LogP contribution in [0.2, 0.25) is 0 Å². The first-order chi connectivity index (χ1) is 7.18. The van der Waals surface area contributed by atoms with Gasteiger partial charge in [0.15, 0.2) is 0 Å². The Morgan fingerprint density at radius 1 is 1.27 bits per heavy atom. The van der Waals surface area contributed by atoms with Crippen molar-refractivity contribution in [1.82, 2.24) is 4.90 Å². The average molecular weight is 226 g/mol. The normalized spacial score (nSPS) is 13.1. The summed E-state index contributed by atoms with van der Waals surface area (Å²) in [6.07, 6.45) is 2.35. The highest BCUT2D eigenvalue weighted by Gasteiger charge is 2.02. The standard InChI is InChI=1S/C13H20ClN/c1-12(14)11-15(2)10-6-9-13-7-4-3-5-8-13/h3-5,7-8,12H,6,9-11H2,1-2H3. The summed E-state index contributed by atoms with van der Waals surface area (Å²) < 4.78 is 0. The van der Waals surface area contributed by atoms with E-state index in [2.05, 4.69) is 42.3 Å². The molecular formula is C13H20ClN. The maximum absolute atomic E-state index is 5.93. The van der Waals surface area contributed by atoms with E-state index >= 15 is 0 Å². The van der Waals surface area contributed by atoms with Crippen LogP contribution in [-0.2, 0) is 6.42 Å². The van der Waals surface area contributed by atoms with Crippen molar-refractivity contribution in [3.8, 4) is 0 Å². The van der Waals surface area contributed by atoms with E-state index in [1.165, 1.54) is 12.0 Å². The Kier molecular flexibility index (Phi) is 5.74. The molecule has 0 spiro atoms. The van der Waals surface area contributed by atoms with E-state index in [1.807, 2.05) is 6.92 Å². The molecule has 0 radical (unpaired) electrons. The van der Waals surface area contributed by atoms with Gasteiger partial charge < -0.3 is 4.90 Å². The fraction of sp³-hybridized carbons (Fsp3) is 0.538. The summed E-state index contributed by atoms with van der Waals surface area (Å²) in [5, 5.41) is 0.242. The van der Waals surface area contributed by atoms with Gasteiger partial charge in [-0.05, 0) is 38.9 Å². The van der Waals surface area contributed by atoms with E-state index in [-0.39, 0.29) is 5.38 Å². The molecule has 2 heteroatoms. The van der Waals surface area contributed by atoms with E-state index in [9.17, 15) is 0 Å². The first-order valence-electron chi connectivity index (χ1n) is 5.55. The predicted octanol–water partition coefficient (Wildman–Crippen LogP) is 3.18. The van der Waals surface area contributed by atoms with Crippen LogP contribution in [0, 0.1) is 0 Å². The summed E-state index contributed by atoms with van der Waals surface area (Å²) >= 11 is 5.93. The summed E-state index contributed by atoms with van der Waals surface area (Å²) in [7, 11) is 2.13. The minimum Gasteiger partial charge on any atom is -0.305 e. The number of nitrogens with zero attached hydrogens (tertiary/aromatic N) is 1. The zero-order valence-corrected chi connectivity index (χ0v) is 10.4. The van der Waals surface area contributed by atoms with Gasteiger partial charge in [0.2, 0.25) is 0 Å². The smallest absolute Gasteiger partial charge is 0.0434 e. The molecule has 1 unspecified atom stereocenters. The maximum Gasteiger partial charge on any atom is 0.0434 e. The van der Waals surface area contributed by atoms with Crippen LogP contribution in [0.25, 0.3) is 0 Å². The van der Waals surface area contributed by atoms with Gasteiger partial charge >= 0.3 is 0 Å². The summed E-state index contributed by atoms with van der Waals surface area (Å²) in [5.74, 6) is 0. The Balaban J connectivity index is 2.16. The minimum atomic E-state index is 0.242. The Morgan fingerprint density at radius 3 is 2.53 bits per heavy atom. The Bertz CT molecular complexity index is 258. The Hall–Kier alpha value is -0.530. The highest BCUT2D eigenvalue weighted by Crippen LogP contribution is 2.04. The number of halogens is 1. The molecule has 0 fully saturated rings. The second-order valence-electron chi connectivity index (χ2n) is 4.13. The van der Waals surface area contributed by atoms with Crippen LogP contribution in [0.15, 0.2) is 30.3 Å². The lowest BCUT2D eigenvalue weighted by molar-refractivity contribution is 0.332. The summed E-state index contributed by atoms with van der Waals surface area (Å²) in [6, 6.07) is 10.6.